The van der Waals surface area contributed by atoms with Crippen molar-refractivity contribution < 1.29 is 9.53 Å². The van der Waals surface area contributed by atoms with Crippen LogP contribution in [0.2, 0.25) is 0 Å². The Hall–Kier alpha value is -3.01. The van der Waals surface area contributed by atoms with Crippen molar-refractivity contribution >= 4 is 11.8 Å². The second-order valence-corrected chi connectivity index (χ2v) is 4.51. The van der Waals surface area contributed by atoms with E-state index in [1.807, 2.05) is 26.0 Å². The molecule has 0 saturated heterocycles. The summed E-state index contributed by atoms with van der Waals surface area (Å²) in [5.41, 5.74) is 1.61. The summed E-state index contributed by atoms with van der Waals surface area (Å²) in [6.07, 6.45) is 0.856. The van der Waals surface area contributed by atoms with Crippen LogP contribution in [0, 0.1) is 11.3 Å². The number of ether oxygens (including phenoxy) is 1. The maximum absolute atomic E-state index is 11.7. The molecule has 0 saturated carbocycles. The normalized spacial score (nSPS) is 10.0. The minimum Gasteiger partial charge on any atom is -0.389 e. The molecule has 0 aliphatic heterocycles. The second kappa shape index (κ2) is 6.43. The number of carbonyl (C=O) groups is 1. The monoisotopic (exact) mass is 283 g/mol. The van der Waals surface area contributed by atoms with E-state index in [0.29, 0.717) is 11.6 Å². The third-order valence-electron chi connectivity index (χ3n) is 2.58. The van der Waals surface area contributed by atoms with Crippen LogP contribution in [-0.2, 0) is 0 Å². The second-order valence-electron chi connectivity index (χ2n) is 4.51. The van der Waals surface area contributed by atoms with Crippen LogP contribution in [0.15, 0.2) is 30.5 Å². The van der Waals surface area contributed by atoms with Crippen LogP contribution < -0.4 is 10.1 Å². The van der Waals surface area contributed by atoms with E-state index in [1.165, 1.54) is 12.1 Å². The molecule has 0 aliphatic carbocycles. The number of carbonyl (C=O) groups excluding carboxylic acids is 1. The number of nitrogens with one attached hydrogen (secondary N) is 1. The highest BCUT2D eigenvalue weighted by Gasteiger charge is 2.08. The van der Waals surface area contributed by atoms with Crippen molar-refractivity contribution in [2.45, 2.75) is 19.8 Å². The first-order chi connectivity index (χ1) is 10.1. The fourth-order valence-corrected chi connectivity index (χ4v) is 1.49. The van der Waals surface area contributed by atoms with Crippen molar-refractivity contribution in [3.05, 3.63) is 41.9 Å². The van der Waals surface area contributed by atoms with Crippen molar-refractivity contribution in [1.29, 1.82) is 5.26 Å². The fourth-order valence-electron chi connectivity index (χ4n) is 1.49. The lowest BCUT2D eigenvalue weighted by Crippen LogP contribution is -2.17. The van der Waals surface area contributed by atoms with Gasteiger partial charge in [0.15, 0.2) is 5.69 Å². The van der Waals surface area contributed by atoms with Crippen LogP contribution in [0.25, 0.3) is 0 Å². The lowest BCUT2D eigenvalue weighted by Gasteiger charge is -2.07. The zero-order valence-corrected chi connectivity index (χ0v) is 11.6. The van der Waals surface area contributed by atoms with E-state index in [1.54, 1.807) is 12.3 Å². The molecule has 0 unspecified atom stereocenters. The van der Waals surface area contributed by atoms with Crippen LogP contribution in [-0.4, -0.2) is 21.3 Å². The van der Waals surface area contributed by atoms with Crippen LogP contribution >= 0.6 is 0 Å². The molecule has 0 aromatic carbocycles. The molecule has 106 valence electrons. The first-order valence-corrected chi connectivity index (χ1v) is 6.27. The molecule has 2 aromatic heterocycles. The molecule has 0 aliphatic rings. The van der Waals surface area contributed by atoms with Gasteiger partial charge in [-0.25, -0.2) is 4.79 Å². The van der Waals surface area contributed by atoms with Gasteiger partial charge in [0.1, 0.15) is 6.07 Å². The van der Waals surface area contributed by atoms with Crippen LogP contribution in [0.1, 0.15) is 31.2 Å². The zero-order valence-electron chi connectivity index (χ0n) is 11.6. The molecule has 1 N–H and O–H groups in total. The minimum atomic E-state index is -0.701. The lowest BCUT2D eigenvalue weighted by molar-refractivity contribution is 0.213. The average Bonchev–Trinajstić information content (AvgIpc) is 2.48. The van der Waals surface area contributed by atoms with Crippen LogP contribution in [0.3, 0.4) is 0 Å². The standard InChI is InChI=1S/C14H13N5O2/c1-9(2)12-5-3-11(8-16-12)17-14(20)21-13-6-4-10(7-15)18-19-13/h3-6,8-9H,1-2H3,(H,17,20). The number of hydrogen-bond acceptors (Lipinski definition) is 6. The summed E-state index contributed by atoms with van der Waals surface area (Å²) in [5.74, 6) is 0.332. The third-order valence-corrected chi connectivity index (χ3v) is 2.58. The number of hydrogen-bond donors (Lipinski definition) is 1. The first kappa shape index (κ1) is 14.4. The summed E-state index contributed by atoms with van der Waals surface area (Å²) < 4.78 is 4.93. The van der Waals surface area contributed by atoms with Gasteiger partial charge >= 0.3 is 6.09 Å². The SMILES string of the molecule is CC(C)c1ccc(NC(=O)Oc2ccc(C#N)nn2)cn1. The van der Waals surface area contributed by atoms with E-state index in [-0.39, 0.29) is 11.6 Å². The van der Waals surface area contributed by atoms with E-state index in [4.69, 9.17) is 10.00 Å². The van der Waals surface area contributed by atoms with Gasteiger partial charge in [0.25, 0.3) is 0 Å². The summed E-state index contributed by atoms with van der Waals surface area (Å²) in [6, 6.07) is 8.21. The van der Waals surface area contributed by atoms with Crippen molar-refractivity contribution in [3.63, 3.8) is 0 Å². The molecule has 2 aromatic rings. The Kier molecular flexibility index (Phi) is 4.41. The summed E-state index contributed by atoms with van der Waals surface area (Å²) in [5, 5.41) is 18.3. The molecule has 2 rings (SSSR count). The molecule has 0 spiro atoms. The van der Waals surface area contributed by atoms with Gasteiger partial charge in [-0.15, -0.1) is 10.2 Å². The Bertz CT molecular complexity index is 659. The topological polar surface area (TPSA) is 101 Å². The molecule has 0 fully saturated rings. The van der Waals surface area contributed by atoms with Gasteiger partial charge in [-0.3, -0.25) is 10.3 Å². The third kappa shape index (κ3) is 3.98. The first-order valence-electron chi connectivity index (χ1n) is 6.27. The fraction of sp³-hybridized carbons (Fsp3) is 0.214. The molecular formula is C14H13N5O2. The van der Waals surface area contributed by atoms with Crippen molar-refractivity contribution in [2.75, 3.05) is 5.32 Å². The highest BCUT2D eigenvalue weighted by Crippen LogP contribution is 2.14. The van der Waals surface area contributed by atoms with Gasteiger partial charge < -0.3 is 4.74 Å². The molecule has 7 heteroatoms. The summed E-state index contributed by atoms with van der Waals surface area (Å²) >= 11 is 0. The molecule has 1 amide bonds. The molecule has 21 heavy (non-hydrogen) atoms. The van der Waals surface area contributed by atoms with E-state index >= 15 is 0 Å². The van der Waals surface area contributed by atoms with Crippen molar-refractivity contribution in [3.8, 4) is 11.9 Å². The number of nitriles is 1. The smallest absolute Gasteiger partial charge is 0.389 e. The van der Waals surface area contributed by atoms with E-state index in [0.717, 1.165) is 5.69 Å². The maximum Gasteiger partial charge on any atom is 0.418 e. The van der Waals surface area contributed by atoms with E-state index < -0.39 is 6.09 Å². The van der Waals surface area contributed by atoms with Gasteiger partial charge in [-0.05, 0) is 24.1 Å². The highest BCUT2D eigenvalue weighted by atomic mass is 16.6. The lowest BCUT2D eigenvalue weighted by atomic mass is 10.1. The number of aromatic nitrogens is 3. The number of anilines is 1. The van der Waals surface area contributed by atoms with Crippen LogP contribution in [0.4, 0.5) is 10.5 Å². The molecule has 0 bridgehead atoms. The highest BCUT2D eigenvalue weighted by molar-refractivity contribution is 5.85. The Morgan fingerprint density at radius 2 is 2.10 bits per heavy atom. The zero-order chi connectivity index (χ0) is 15.2. The Labute approximate surface area is 121 Å². The van der Waals surface area contributed by atoms with Gasteiger partial charge in [0.2, 0.25) is 5.88 Å². The average molecular weight is 283 g/mol. The predicted molar refractivity (Wildman–Crippen MR) is 74.7 cm³/mol. The quantitative estimate of drug-likeness (QED) is 0.928. The molecule has 0 atom stereocenters. The Morgan fingerprint density at radius 3 is 2.62 bits per heavy atom. The van der Waals surface area contributed by atoms with Gasteiger partial charge in [0.05, 0.1) is 11.9 Å². The number of rotatable bonds is 3. The predicted octanol–water partition coefficient (Wildman–Crippen LogP) is 2.48. The number of amides is 1. The minimum absolute atomic E-state index is 0.0123. The maximum atomic E-state index is 11.7. The molecule has 0 radical (unpaired) electrons. The molecular weight excluding hydrogens is 270 g/mol. The molecule has 2 heterocycles. The summed E-state index contributed by atoms with van der Waals surface area (Å²) in [4.78, 5) is 15.9. The van der Waals surface area contributed by atoms with E-state index in [2.05, 4.69) is 20.5 Å². The van der Waals surface area contributed by atoms with E-state index in [9.17, 15) is 4.79 Å². The molecule has 7 nitrogen and oxygen atoms in total. The van der Waals surface area contributed by atoms with Gasteiger partial charge in [0, 0.05) is 11.8 Å². The Morgan fingerprint density at radius 1 is 1.29 bits per heavy atom. The van der Waals surface area contributed by atoms with Crippen molar-refractivity contribution in [1.82, 2.24) is 15.2 Å². The Balaban J connectivity index is 1.96. The summed E-state index contributed by atoms with van der Waals surface area (Å²) in [6.45, 7) is 4.07. The largest absolute Gasteiger partial charge is 0.418 e. The summed E-state index contributed by atoms with van der Waals surface area (Å²) in [7, 11) is 0. The van der Waals surface area contributed by atoms with Gasteiger partial charge in [-0.1, -0.05) is 13.8 Å². The van der Waals surface area contributed by atoms with Gasteiger partial charge in [-0.2, -0.15) is 5.26 Å². The number of pyridine rings is 1. The van der Waals surface area contributed by atoms with Crippen molar-refractivity contribution in [2.24, 2.45) is 0 Å². The van der Waals surface area contributed by atoms with Crippen LogP contribution in [0.5, 0.6) is 5.88 Å². The number of nitrogens with zero attached hydrogens (tertiary/aromatic N) is 4.